The van der Waals surface area contributed by atoms with Gasteiger partial charge in [0.05, 0.1) is 0 Å². The highest BCUT2D eigenvalue weighted by atomic mass is 16.4. The Bertz CT molecular complexity index is 245. The van der Waals surface area contributed by atoms with Crippen molar-refractivity contribution in [2.75, 3.05) is 6.54 Å². The normalized spacial score (nSPS) is 25.7. The summed E-state index contributed by atoms with van der Waals surface area (Å²) >= 11 is 0. The monoisotopic (exact) mass is 215 g/mol. The first kappa shape index (κ1) is 11.8. The Hall–Kier alpha value is -1.30. The van der Waals surface area contributed by atoms with Crippen LogP contribution in [0.2, 0.25) is 0 Å². The maximum atomic E-state index is 11.2. The van der Waals surface area contributed by atoms with Crippen molar-refractivity contribution in [2.24, 2.45) is 5.73 Å². The molecule has 6 heteroatoms. The maximum absolute atomic E-state index is 11.2. The van der Waals surface area contributed by atoms with E-state index in [9.17, 15) is 9.59 Å². The highest BCUT2D eigenvalue weighted by Gasteiger charge is 2.23. The van der Waals surface area contributed by atoms with Gasteiger partial charge in [-0.2, -0.15) is 0 Å². The lowest BCUT2D eigenvalue weighted by atomic mass is 9.91. The fourth-order valence-electron chi connectivity index (χ4n) is 1.71. The van der Waals surface area contributed by atoms with E-state index in [0.717, 1.165) is 25.7 Å². The molecular formula is C9H17N3O3. The van der Waals surface area contributed by atoms with Crippen LogP contribution in [0.4, 0.5) is 4.79 Å². The van der Waals surface area contributed by atoms with E-state index < -0.39 is 12.0 Å². The molecule has 0 spiro atoms. The summed E-state index contributed by atoms with van der Waals surface area (Å²) in [6.45, 7) is -0.367. The average Bonchev–Trinajstić information content (AvgIpc) is 2.18. The number of carboxylic acids is 1. The minimum atomic E-state index is -1.06. The highest BCUT2D eigenvalue weighted by molar-refractivity contribution is 5.80. The zero-order valence-corrected chi connectivity index (χ0v) is 8.53. The molecule has 1 saturated carbocycles. The zero-order chi connectivity index (χ0) is 11.3. The molecular weight excluding hydrogens is 198 g/mol. The Balaban J connectivity index is 2.26. The maximum Gasteiger partial charge on any atom is 0.323 e. The summed E-state index contributed by atoms with van der Waals surface area (Å²) in [5.74, 6) is -1.06. The Morgan fingerprint density at radius 1 is 1.33 bits per heavy atom. The second-order valence-electron chi connectivity index (χ2n) is 3.78. The lowest BCUT2D eigenvalue weighted by Gasteiger charge is -2.29. The van der Waals surface area contributed by atoms with Gasteiger partial charge in [-0.3, -0.25) is 4.79 Å². The third kappa shape index (κ3) is 4.16. The van der Waals surface area contributed by atoms with Crippen LogP contribution in [0.1, 0.15) is 25.7 Å². The molecule has 0 saturated heterocycles. The van der Waals surface area contributed by atoms with Gasteiger partial charge in [-0.05, 0) is 12.8 Å². The van der Waals surface area contributed by atoms with Crippen molar-refractivity contribution in [3.63, 3.8) is 0 Å². The van der Waals surface area contributed by atoms with Gasteiger partial charge in [0, 0.05) is 12.1 Å². The van der Waals surface area contributed by atoms with Gasteiger partial charge in [0.1, 0.15) is 6.54 Å². The summed E-state index contributed by atoms with van der Waals surface area (Å²) in [6, 6.07) is -0.512. The minimum Gasteiger partial charge on any atom is -0.480 e. The molecule has 0 aromatic heterocycles. The summed E-state index contributed by atoms with van der Waals surface area (Å²) in [6.07, 6.45) is 3.92. The molecule has 0 heterocycles. The fourth-order valence-corrected chi connectivity index (χ4v) is 1.71. The fraction of sp³-hybridized carbons (Fsp3) is 0.778. The largest absolute Gasteiger partial charge is 0.480 e. The predicted molar refractivity (Wildman–Crippen MR) is 54.4 cm³/mol. The Morgan fingerprint density at radius 2 is 2.00 bits per heavy atom. The number of nitrogens with one attached hydrogen (secondary N) is 2. The van der Waals surface area contributed by atoms with Crippen LogP contribution in [0, 0.1) is 0 Å². The number of amides is 2. The van der Waals surface area contributed by atoms with E-state index in [-0.39, 0.29) is 18.6 Å². The van der Waals surface area contributed by atoms with Gasteiger partial charge in [0.15, 0.2) is 0 Å². The van der Waals surface area contributed by atoms with E-state index in [1.54, 1.807) is 0 Å². The molecule has 0 aromatic rings. The summed E-state index contributed by atoms with van der Waals surface area (Å²) < 4.78 is 0. The number of carbonyl (C=O) groups is 2. The number of urea groups is 1. The number of rotatable bonds is 3. The molecule has 2 unspecified atom stereocenters. The van der Waals surface area contributed by atoms with Gasteiger partial charge < -0.3 is 21.5 Å². The quantitative estimate of drug-likeness (QED) is 0.516. The summed E-state index contributed by atoms with van der Waals surface area (Å²) in [5, 5.41) is 13.3. The standard InChI is InChI=1S/C9H17N3O3/c10-6-3-1-2-4-7(6)12-9(15)11-5-8(13)14/h6-7H,1-5,10H2,(H,13,14)(H2,11,12,15). The molecule has 0 radical (unpaired) electrons. The van der Waals surface area contributed by atoms with Crippen molar-refractivity contribution < 1.29 is 14.7 Å². The van der Waals surface area contributed by atoms with Crippen LogP contribution in [-0.4, -0.2) is 35.7 Å². The second-order valence-corrected chi connectivity index (χ2v) is 3.78. The minimum absolute atomic E-state index is 0.0191. The van der Waals surface area contributed by atoms with Crippen LogP contribution in [-0.2, 0) is 4.79 Å². The van der Waals surface area contributed by atoms with Crippen molar-refractivity contribution >= 4 is 12.0 Å². The molecule has 1 rings (SSSR count). The first-order valence-electron chi connectivity index (χ1n) is 5.11. The van der Waals surface area contributed by atoms with Gasteiger partial charge in [0.25, 0.3) is 0 Å². The van der Waals surface area contributed by atoms with E-state index in [2.05, 4.69) is 10.6 Å². The molecule has 1 aliphatic rings. The van der Waals surface area contributed by atoms with E-state index in [1.807, 2.05) is 0 Å². The number of hydrogen-bond acceptors (Lipinski definition) is 3. The number of aliphatic carboxylic acids is 1. The Kier molecular flexibility index (Phi) is 4.36. The van der Waals surface area contributed by atoms with Gasteiger partial charge in [-0.25, -0.2) is 4.79 Å². The Labute approximate surface area is 88.2 Å². The van der Waals surface area contributed by atoms with Gasteiger partial charge in [-0.1, -0.05) is 12.8 Å². The molecule has 0 bridgehead atoms. The molecule has 86 valence electrons. The summed E-state index contributed by atoms with van der Waals surface area (Å²) in [5.41, 5.74) is 5.82. The van der Waals surface area contributed by atoms with E-state index in [0.29, 0.717) is 0 Å². The molecule has 0 aromatic carbocycles. The number of carboxylic acid groups (broad SMARTS) is 1. The summed E-state index contributed by atoms with van der Waals surface area (Å²) in [7, 11) is 0. The number of nitrogens with two attached hydrogens (primary N) is 1. The van der Waals surface area contributed by atoms with Crippen LogP contribution in [0.25, 0.3) is 0 Å². The van der Waals surface area contributed by atoms with Crippen LogP contribution >= 0.6 is 0 Å². The topological polar surface area (TPSA) is 104 Å². The molecule has 1 aliphatic carbocycles. The first-order valence-corrected chi connectivity index (χ1v) is 5.11. The van der Waals surface area contributed by atoms with Gasteiger partial charge in [0.2, 0.25) is 0 Å². The van der Waals surface area contributed by atoms with E-state index >= 15 is 0 Å². The lowest BCUT2D eigenvalue weighted by molar-refractivity contribution is -0.135. The lowest BCUT2D eigenvalue weighted by Crippen LogP contribution is -2.52. The average molecular weight is 215 g/mol. The third-order valence-corrected chi connectivity index (χ3v) is 2.54. The van der Waals surface area contributed by atoms with Crippen molar-refractivity contribution in [1.29, 1.82) is 0 Å². The van der Waals surface area contributed by atoms with E-state index in [4.69, 9.17) is 10.8 Å². The van der Waals surface area contributed by atoms with Crippen LogP contribution in [0.5, 0.6) is 0 Å². The smallest absolute Gasteiger partial charge is 0.323 e. The van der Waals surface area contributed by atoms with Crippen LogP contribution in [0.15, 0.2) is 0 Å². The Morgan fingerprint density at radius 3 is 2.60 bits per heavy atom. The van der Waals surface area contributed by atoms with Crippen LogP contribution < -0.4 is 16.4 Å². The molecule has 0 aliphatic heterocycles. The molecule has 6 nitrogen and oxygen atoms in total. The number of carbonyl (C=O) groups excluding carboxylic acids is 1. The van der Waals surface area contributed by atoms with Gasteiger partial charge in [-0.15, -0.1) is 0 Å². The van der Waals surface area contributed by atoms with Gasteiger partial charge >= 0.3 is 12.0 Å². The van der Waals surface area contributed by atoms with Crippen molar-refractivity contribution in [2.45, 2.75) is 37.8 Å². The molecule has 2 atom stereocenters. The summed E-state index contributed by atoms with van der Waals surface area (Å²) in [4.78, 5) is 21.4. The van der Waals surface area contributed by atoms with E-state index in [1.165, 1.54) is 0 Å². The third-order valence-electron chi connectivity index (χ3n) is 2.54. The molecule has 1 fully saturated rings. The highest BCUT2D eigenvalue weighted by Crippen LogP contribution is 2.16. The first-order chi connectivity index (χ1) is 7.09. The molecule has 2 amide bonds. The molecule has 5 N–H and O–H groups in total. The van der Waals surface area contributed by atoms with Crippen molar-refractivity contribution in [3.05, 3.63) is 0 Å². The SMILES string of the molecule is NC1CCCCC1NC(=O)NCC(=O)O. The predicted octanol–water partition coefficient (Wildman–Crippen LogP) is -0.360. The number of hydrogen-bond donors (Lipinski definition) is 4. The van der Waals surface area contributed by atoms with Crippen molar-refractivity contribution in [3.8, 4) is 0 Å². The van der Waals surface area contributed by atoms with Crippen LogP contribution in [0.3, 0.4) is 0 Å². The molecule has 15 heavy (non-hydrogen) atoms. The zero-order valence-electron chi connectivity index (χ0n) is 8.53. The second kappa shape index (κ2) is 5.55. The van der Waals surface area contributed by atoms with Crippen molar-refractivity contribution in [1.82, 2.24) is 10.6 Å².